The van der Waals surface area contributed by atoms with Crippen LogP contribution in [-0.4, -0.2) is 30.4 Å². The number of para-hydroxylation sites is 2. The van der Waals surface area contributed by atoms with E-state index in [9.17, 15) is 13.2 Å². The molecule has 0 aliphatic carbocycles. The van der Waals surface area contributed by atoms with Crippen molar-refractivity contribution in [3.8, 4) is 0 Å². The van der Waals surface area contributed by atoms with Gasteiger partial charge in [-0.1, -0.05) is 48.5 Å². The molecule has 3 aromatic carbocycles. The minimum Gasteiger partial charge on any atom is -0.350 e. The zero-order valence-electron chi connectivity index (χ0n) is 17.7. The lowest BCUT2D eigenvalue weighted by Crippen LogP contribution is -2.28. The number of sulfonamides is 1. The Hall–Kier alpha value is -3.49. The smallest absolute Gasteiger partial charge is 0.251 e. The highest BCUT2D eigenvalue weighted by Crippen LogP contribution is 2.15. The van der Waals surface area contributed by atoms with Gasteiger partial charge in [0.1, 0.15) is 5.82 Å². The first-order chi connectivity index (χ1) is 15.4. The van der Waals surface area contributed by atoms with E-state index >= 15 is 0 Å². The summed E-state index contributed by atoms with van der Waals surface area (Å²) in [6.07, 6.45) is 0. The molecule has 1 heterocycles. The lowest BCUT2D eigenvalue weighted by atomic mass is 10.2. The first-order valence-corrected chi connectivity index (χ1v) is 11.8. The maximum atomic E-state index is 12.7. The quantitative estimate of drug-likeness (QED) is 0.433. The molecule has 0 unspecified atom stereocenters. The van der Waals surface area contributed by atoms with Gasteiger partial charge in [0.05, 0.1) is 15.9 Å². The van der Waals surface area contributed by atoms with Crippen molar-refractivity contribution in [2.24, 2.45) is 0 Å². The number of nitrogens with zero attached hydrogens (tertiary/aromatic N) is 2. The average Bonchev–Trinajstić information content (AvgIpc) is 3.13. The molecule has 7 nitrogen and oxygen atoms in total. The highest BCUT2D eigenvalue weighted by atomic mass is 32.2. The molecule has 1 aromatic heterocycles. The van der Waals surface area contributed by atoms with Crippen LogP contribution in [0, 0.1) is 6.92 Å². The standard InChI is InChI=1S/C24H24N4O3S/c1-18-27-22-12-5-6-13-23(22)28(18)15-14-25-24(29)20-10-7-11-21(16-20)32(30,31)26-17-19-8-3-2-4-9-19/h2-13,16,26H,14-15,17H2,1H3,(H,25,29). The van der Waals surface area contributed by atoms with Gasteiger partial charge in [-0.05, 0) is 42.8 Å². The molecule has 0 aliphatic rings. The summed E-state index contributed by atoms with van der Waals surface area (Å²) < 4.78 is 29.9. The van der Waals surface area contributed by atoms with E-state index in [1.165, 1.54) is 12.1 Å². The Kier molecular flexibility index (Phi) is 6.34. The molecule has 0 fully saturated rings. The number of hydrogen-bond donors (Lipinski definition) is 2. The van der Waals surface area contributed by atoms with Crippen LogP contribution in [0.25, 0.3) is 11.0 Å². The number of amides is 1. The SMILES string of the molecule is Cc1nc2ccccc2n1CCNC(=O)c1cccc(S(=O)(=O)NCc2ccccc2)c1. The third kappa shape index (κ3) is 4.87. The lowest BCUT2D eigenvalue weighted by Gasteiger charge is -2.10. The van der Waals surface area contributed by atoms with E-state index in [2.05, 4.69) is 15.0 Å². The van der Waals surface area contributed by atoms with Gasteiger partial charge in [0.2, 0.25) is 10.0 Å². The minimum absolute atomic E-state index is 0.0533. The Morgan fingerprint density at radius 2 is 1.72 bits per heavy atom. The summed E-state index contributed by atoms with van der Waals surface area (Å²) in [6, 6.07) is 23.1. The van der Waals surface area contributed by atoms with Crippen LogP contribution in [0.3, 0.4) is 0 Å². The van der Waals surface area contributed by atoms with Crippen LogP contribution in [-0.2, 0) is 23.1 Å². The maximum absolute atomic E-state index is 12.7. The molecule has 0 saturated heterocycles. The van der Waals surface area contributed by atoms with Crippen LogP contribution in [0.15, 0.2) is 83.8 Å². The molecule has 32 heavy (non-hydrogen) atoms. The van der Waals surface area contributed by atoms with Crippen LogP contribution >= 0.6 is 0 Å². The molecule has 8 heteroatoms. The van der Waals surface area contributed by atoms with Crippen molar-refractivity contribution in [3.05, 3.63) is 95.8 Å². The third-order valence-electron chi connectivity index (χ3n) is 5.18. The van der Waals surface area contributed by atoms with Gasteiger partial charge >= 0.3 is 0 Å². The highest BCUT2D eigenvalue weighted by molar-refractivity contribution is 7.89. The number of fused-ring (bicyclic) bond motifs is 1. The van der Waals surface area contributed by atoms with Crippen molar-refractivity contribution in [2.75, 3.05) is 6.54 Å². The number of carbonyl (C=O) groups excluding carboxylic acids is 1. The molecule has 1 amide bonds. The number of imidazole rings is 1. The summed E-state index contributed by atoms with van der Waals surface area (Å²) in [6.45, 7) is 3.06. The third-order valence-corrected chi connectivity index (χ3v) is 6.58. The van der Waals surface area contributed by atoms with Crippen LogP contribution in [0.4, 0.5) is 0 Å². The van der Waals surface area contributed by atoms with Crippen LogP contribution in [0.5, 0.6) is 0 Å². The van der Waals surface area contributed by atoms with Crippen LogP contribution in [0.2, 0.25) is 0 Å². The van der Waals surface area contributed by atoms with E-state index in [0.717, 1.165) is 22.4 Å². The molecule has 0 atom stereocenters. The summed E-state index contributed by atoms with van der Waals surface area (Å²) in [4.78, 5) is 17.2. The Morgan fingerprint density at radius 1 is 0.969 bits per heavy atom. The molecule has 164 valence electrons. The molecule has 0 aliphatic heterocycles. The number of nitrogens with one attached hydrogen (secondary N) is 2. The first kappa shape index (κ1) is 21.7. The van der Waals surface area contributed by atoms with E-state index in [-0.39, 0.29) is 17.3 Å². The fourth-order valence-corrected chi connectivity index (χ4v) is 4.59. The molecule has 0 spiro atoms. The molecule has 4 rings (SSSR count). The van der Waals surface area contributed by atoms with Crippen LogP contribution < -0.4 is 10.0 Å². The Bertz CT molecular complexity index is 1350. The molecule has 4 aromatic rings. The fourth-order valence-electron chi connectivity index (χ4n) is 3.52. The topological polar surface area (TPSA) is 93.1 Å². The van der Waals surface area contributed by atoms with Gasteiger partial charge in [-0.15, -0.1) is 0 Å². The minimum atomic E-state index is -3.74. The lowest BCUT2D eigenvalue weighted by molar-refractivity contribution is 0.0952. The number of hydrogen-bond acceptors (Lipinski definition) is 4. The Labute approximate surface area is 187 Å². The first-order valence-electron chi connectivity index (χ1n) is 10.3. The maximum Gasteiger partial charge on any atom is 0.251 e. The van der Waals surface area contributed by atoms with Gasteiger partial charge in [-0.25, -0.2) is 18.1 Å². The number of rotatable bonds is 8. The van der Waals surface area contributed by atoms with Crippen molar-refractivity contribution >= 4 is 27.0 Å². The van der Waals surface area contributed by atoms with Crippen molar-refractivity contribution in [1.29, 1.82) is 0 Å². The number of carbonyl (C=O) groups is 1. The second-order valence-electron chi connectivity index (χ2n) is 7.39. The molecule has 2 N–H and O–H groups in total. The molecule has 0 radical (unpaired) electrons. The van der Waals surface area contributed by atoms with Gasteiger partial charge in [0.15, 0.2) is 0 Å². The monoisotopic (exact) mass is 448 g/mol. The Morgan fingerprint density at radius 3 is 2.53 bits per heavy atom. The van der Waals surface area contributed by atoms with Crippen molar-refractivity contribution in [1.82, 2.24) is 19.6 Å². The summed E-state index contributed by atoms with van der Waals surface area (Å²) in [5.74, 6) is 0.546. The summed E-state index contributed by atoms with van der Waals surface area (Å²) >= 11 is 0. The molecule has 0 saturated carbocycles. The molecular weight excluding hydrogens is 424 g/mol. The van der Waals surface area contributed by atoms with Gasteiger partial charge in [0, 0.05) is 25.2 Å². The van der Waals surface area contributed by atoms with E-state index in [0.29, 0.717) is 18.7 Å². The van der Waals surface area contributed by atoms with E-state index in [1.54, 1.807) is 12.1 Å². The summed E-state index contributed by atoms with van der Waals surface area (Å²) in [5, 5.41) is 2.86. The number of aryl methyl sites for hydroxylation is 1. The van der Waals surface area contributed by atoms with Crippen molar-refractivity contribution in [3.63, 3.8) is 0 Å². The van der Waals surface area contributed by atoms with E-state index in [4.69, 9.17) is 0 Å². The summed E-state index contributed by atoms with van der Waals surface area (Å²) in [5.41, 5.74) is 3.07. The molecular formula is C24H24N4O3S. The Balaban J connectivity index is 1.40. The van der Waals surface area contributed by atoms with Gasteiger partial charge < -0.3 is 9.88 Å². The number of benzene rings is 3. The van der Waals surface area contributed by atoms with E-state index in [1.807, 2.05) is 66.1 Å². The van der Waals surface area contributed by atoms with Gasteiger partial charge in [0.25, 0.3) is 5.91 Å². The predicted molar refractivity (Wildman–Crippen MR) is 124 cm³/mol. The van der Waals surface area contributed by atoms with Crippen LogP contribution in [0.1, 0.15) is 21.7 Å². The normalized spacial score (nSPS) is 11.5. The average molecular weight is 449 g/mol. The second kappa shape index (κ2) is 9.33. The van der Waals surface area contributed by atoms with Gasteiger partial charge in [-0.3, -0.25) is 4.79 Å². The zero-order valence-corrected chi connectivity index (χ0v) is 18.5. The van der Waals surface area contributed by atoms with Crippen molar-refractivity contribution < 1.29 is 13.2 Å². The van der Waals surface area contributed by atoms with E-state index < -0.39 is 10.0 Å². The van der Waals surface area contributed by atoms with Gasteiger partial charge in [-0.2, -0.15) is 0 Å². The molecule has 0 bridgehead atoms. The fraction of sp³-hybridized carbons (Fsp3) is 0.167. The number of aromatic nitrogens is 2. The summed E-state index contributed by atoms with van der Waals surface area (Å²) in [7, 11) is -3.74. The second-order valence-corrected chi connectivity index (χ2v) is 9.16. The van der Waals surface area contributed by atoms with Crippen molar-refractivity contribution in [2.45, 2.75) is 24.9 Å². The zero-order chi connectivity index (χ0) is 22.6. The largest absolute Gasteiger partial charge is 0.350 e. The highest BCUT2D eigenvalue weighted by Gasteiger charge is 2.16. The predicted octanol–water partition coefficient (Wildman–Crippen LogP) is 3.25.